The van der Waals surface area contributed by atoms with Crippen molar-refractivity contribution in [3.05, 3.63) is 76.0 Å². The Kier molecular flexibility index (Phi) is 6.69. The molecule has 0 fully saturated rings. The Balaban J connectivity index is 2.15. The van der Waals surface area contributed by atoms with Gasteiger partial charge in [0.25, 0.3) is 0 Å². The Hall–Kier alpha value is -3.14. The van der Waals surface area contributed by atoms with E-state index in [0.717, 1.165) is 24.8 Å². The maximum Gasteiger partial charge on any atom is 0.417 e. The van der Waals surface area contributed by atoms with Crippen LogP contribution in [0.2, 0.25) is 0 Å². The van der Waals surface area contributed by atoms with Crippen molar-refractivity contribution in [2.24, 2.45) is 0 Å². The fourth-order valence-corrected chi connectivity index (χ4v) is 5.16. The number of carbonyl (C=O) groups excluding carboxylic acids is 1. The van der Waals surface area contributed by atoms with Crippen LogP contribution in [0.25, 0.3) is 0 Å². The topological polar surface area (TPSA) is 78.3 Å². The summed E-state index contributed by atoms with van der Waals surface area (Å²) in [5.74, 6) is -0.904. The predicted molar refractivity (Wildman–Crippen MR) is 116 cm³/mol. The van der Waals surface area contributed by atoms with E-state index < -0.39 is 43.4 Å². The summed E-state index contributed by atoms with van der Waals surface area (Å²) in [5, 5.41) is 4.08. The lowest BCUT2D eigenvalue weighted by molar-refractivity contribution is -0.138. The Morgan fingerprint density at radius 1 is 1.12 bits per heavy atom. The minimum absolute atomic E-state index is 0.0435. The van der Waals surface area contributed by atoms with E-state index in [1.807, 2.05) is 30.3 Å². The monoisotopic (exact) mass is 480 g/mol. The Morgan fingerprint density at radius 3 is 2.30 bits per heavy atom. The maximum absolute atomic E-state index is 14.0. The van der Waals surface area contributed by atoms with Crippen LogP contribution in [0.3, 0.4) is 0 Å². The third kappa shape index (κ3) is 4.95. The minimum atomic E-state index is -4.95. The molecule has 0 N–H and O–H groups in total. The Morgan fingerprint density at radius 2 is 1.76 bits per heavy atom. The van der Waals surface area contributed by atoms with Gasteiger partial charge in [-0.3, -0.25) is 4.79 Å². The third-order valence-corrected chi connectivity index (χ3v) is 6.53. The molecule has 10 heteroatoms. The molecule has 0 saturated heterocycles. The van der Waals surface area contributed by atoms with Crippen LogP contribution in [0.1, 0.15) is 45.1 Å². The highest BCUT2D eigenvalue weighted by atomic mass is 32.2. The number of halogens is 3. The lowest BCUT2D eigenvalue weighted by Crippen LogP contribution is -2.19. The van der Waals surface area contributed by atoms with Crippen LogP contribution in [-0.2, 0) is 29.2 Å². The summed E-state index contributed by atoms with van der Waals surface area (Å²) in [7, 11) is -3.95. The molecule has 3 aromatic rings. The number of rotatable bonds is 7. The Bertz CT molecular complexity index is 1300. The number of sulfone groups is 1. The first-order chi connectivity index (χ1) is 15.4. The second kappa shape index (κ2) is 9.01. The number of carbonyl (C=O) groups is 1. The number of ether oxygens (including phenoxy) is 1. The van der Waals surface area contributed by atoms with Gasteiger partial charge in [0, 0.05) is 18.4 Å². The molecule has 0 atom stereocenters. The van der Waals surface area contributed by atoms with Gasteiger partial charge in [0.1, 0.15) is 12.2 Å². The summed E-state index contributed by atoms with van der Waals surface area (Å²) in [5.41, 5.74) is -1.71. The van der Waals surface area contributed by atoms with Crippen LogP contribution in [0.5, 0.6) is 5.88 Å². The smallest absolute Gasteiger partial charge is 0.417 e. The molecule has 2 aromatic carbocycles. The molecule has 0 unspecified atom stereocenters. The normalized spacial score (nSPS) is 12.1. The molecule has 33 heavy (non-hydrogen) atoms. The van der Waals surface area contributed by atoms with Crippen molar-refractivity contribution in [2.45, 2.75) is 45.0 Å². The van der Waals surface area contributed by atoms with E-state index in [9.17, 15) is 26.4 Å². The zero-order valence-corrected chi connectivity index (χ0v) is 19.3. The second-order valence-electron chi connectivity index (χ2n) is 7.62. The number of hydrogen-bond donors (Lipinski definition) is 0. The predicted octanol–water partition coefficient (Wildman–Crippen LogP) is 4.75. The minimum Gasteiger partial charge on any atom is -0.472 e. The molecule has 0 bridgehead atoms. The molecule has 3 rings (SSSR count). The third-order valence-electron chi connectivity index (χ3n) is 5.16. The fourth-order valence-electron chi connectivity index (χ4n) is 3.86. The van der Waals surface area contributed by atoms with Crippen LogP contribution in [0.15, 0.2) is 47.5 Å². The molecule has 0 amide bonds. The summed E-state index contributed by atoms with van der Waals surface area (Å²) >= 11 is 0. The summed E-state index contributed by atoms with van der Waals surface area (Å²) < 4.78 is 73.5. The van der Waals surface area contributed by atoms with E-state index in [0.29, 0.717) is 6.54 Å². The van der Waals surface area contributed by atoms with E-state index in [4.69, 9.17) is 4.74 Å². The SMILES string of the molecule is CCn1ncc(C(=O)c2cc(C)c(S(C)(=O)=O)c(C)c2C(F)(F)F)c1OCc1ccccc1. The maximum atomic E-state index is 14.0. The van der Waals surface area contributed by atoms with Gasteiger partial charge in [-0.15, -0.1) is 0 Å². The van der Waals surface area contributed by atoms with Gasteiger partial charge in [0.2, 0.25) is 11.7 Å². The first kappa shape index (κ1) is 24.5. The van der Waals surface area contributed by atoms with E-state index in [-0.39, 0.29) is 23.6 Å². The molecule has 0 saturated carbocycles. The van der Waals surface area contributed by atoms with Crippen molar-refractivity contribution < 1.29 is 31.1 Å². The zero-order chi connectivity index (χ0) is 24.6. The van der Waals surface area contributed by atoms with Gasteiger partial charge in [-0.2, -0.15) is 18.3 Å². The largest absolute Gasteiger partial charge is 0.472 e. The molecule has 1 heterocycles. The van der Waals surface area contributed by atoms with Gasteiger partial charge in [-0.05, 0) is 43.5 Å². The van der Waals surface area contributed by atoms with Crippen molar-refractivity contribution >= 4 is 15.6 Å². The first-order valence-corrected chi connectivity index (χ1v) is 11.9. The van der Waals surface area contributed by atoms with E-state index in [1.165, 1.54) is 17.8 Å². The lowest BCUT2D eigenvalue weighted by atomic mass is 9.93. The molecule has 176 valence electrons. The average Bonchev–Trinajstić information content (AvgIpc) is 3.12. The fraction of sp³-hybridized carbons (Fsp3) is 0.304. The van der Waals surface area contributed by atoms with Crippen molar-refractivity contribution in [2.75, 3.05) is 6.26 Å². The highest BCUT2D eigenvalue weighted by Crippen LogP contribution is 2.40. The van der Waals surface area contributed by atoms with Gasteiger partial charge in [0.05, 0.1) is 16.7 Å². The number of alkyl halides is 3. The summed E-state index contributed by atoms with van der Waals surface area (Å²) in [4.78, 5) is 12.9. The van der Waals surface area contributed by atoms with Crippen LogP contribution in [-0.4, -0.2) is 30.2 Å². The van der Waals surface area contributed by atoms with Crippen LogP contribution in [0, 0.1) is 13.8 Å². The van der Waals surface area contributed by atoms with Crippen LogP contribution in [0.4, 0.5) is 13.2 Å². The highest BCUT2D eigenvalue weighted by molar-refractivity contribution is 7.90. The molecule has 0 aliphatic heterocycles. The van der Waals surface area contributed by atoms with Gasteiger partial charge < -0.3 is 4.74 Å². The average molecular weight is 481 g/mol. The second-order valence-corrected chi connectivity index (χ2v) is 9.58. The summed E-state index contributed by atoms with van der Waals surface area (Å²) in [6, 6.07) is 10.1. The molecule has 0 aliphatic carbocycles. The van der Waals surface area contributed by atoms with Crippen molar-refractivity contribution in [1.82, 2.24) is 9.78 Å². The molecule has 0 radical (unpaired) electrons. The number of aromatic nitrogens is 2. The van der Waals surface area contributed by atoms with Gasteiger partial charge >= 0.3 is 6.18 Å². The first-order valence-electron chi connectivity index (χ1n) is 10.0. The molecular formula is C23H23F3N2O4S. The number of ketones is 1. The zero-order valence-electron chi connectivity index (χ0n) is 18.5. The quantitative estimate of drug-likeness (QED) is 0.456. The standard InChI is InChI=1S/C23H23F3N2O4S/c1-5-28-22(32-13-16-9-7-6-8-10-16)18(12-27-28)20(29)17-11-14(2)21(33(4,30)31)15(3)19(17)23(24,25)26/h6-12H,5,13H2,1-4H3. The number of aryl methyl sites for hydroxylation is 2. The molecule has 0 aliphatic rings. The summed E-state index contributed by atoms with van der Waals surface area (Å²) in [6.07, 6.45) is -2.94. The lowest BCUT2D eigenvalue weighted by Gasteiger charge is -2.19. The number of nitrogens with zero attached hydrogens (tertiary/aromatic N) is 2. The van der Waals surface area contributed by atoms with E-state index >= 15 is 0 Å². The van der Waals surface area contributed by atoms with Gasteiger partial charge in [-0.1, -0.05) is 30.3 Å². The summed E-state index contributed by atoms with van der Waals surface area (Å²) in [6.45, 7) is 4.60. The van der Waals surface area contributed by atoms with E-state index in [1.54, 1.807) is 6.92 Å². The molecule has 1 aromatic heterocycles. The van der Waals surface area contributed by atoms with Crippen LogP contribution >= 0.6 is 0 Å². The number of benzene rings is 2. The highest BCUT2D eigenvalue weighted by Gasteiger charge is 2.40. The molecule has 6 nitrogen and oxygen atoms in total. The van der Waals surface area contributed by atoms with Gasteiger partial charge in [-0.25, -0.2) is 13.1 Å². The molecule has 0 spiro atoms. The Labute approximate surface area is 189 Å². The van der Waals surface area contributed by atoms with Crippen LogP contribution < -0.4 is 4.74 Å². The van der Waals surface area contributed by atoms with Gasteiger partial charge in [0.15, 0.2) is 9.84 Å². The van der Waals surface area contributed by atoms with Crippen molar-refractivity contribution in [3.8, 4) is 5.88 Å². The van der Waals surface area contributed by atoms with Crippen molar-refractivity contribution in [1.29, 1.82) is 0 Å². The number of hydrogen-bond acceptors (Lipinski definition) is 5. The molecular weight excluding hydrogens is 457 g/mol. The van der Waals surface area contributed by atoms with Crippen molar-refractivity contribution in [3.63, 3.8) is 0 Å². The van der Waals surface area contributed by atoms with E-state index in [2.05, 4.69) is 5.10 Å².